The maximum atomic E-state index is 13.1. The average Bonchev–Trinajstić information content (AvgIpc) is 3.07. The van der Waals surface area contributed by atoms with Gasteiger partial charge in [-0.1, -0.05) is 6.07 Å². The monoisotopic (exact) mass is 404 g/mol. The molecule has 1 N–H and O–H groups in total. The van der Waals surface area contributed by atoms with Gasteiger partial charge in [0.1, 0.15) is 5.82 Å². The topological polar surface area (TPSA) is 75.9 Å². The number of hydrogen-bond acceptors (Lipinski definition) is 5. The zero-order chi connectivity index (χ0) is 21.3. The van der Waals surface area contributed by atoms with Crippen LogP contribution >= 0.6 is 0 Å². The van der Waals surface area contributed by atoms with Crippen molar-refractivity contribution >= 4 is 17.4 Å². The van der Waals surface area contributed by atoms with Crippen molar-refractivity contribution in [3.63, 3.8) is 0 Å². The number of pyridine rings is 2. The van der Waals surface area contributed by atoms with Crippen molar-refractivity contribution in [2.24, 2.45) is 7.05 Å². The van der Waals surface area contributed by atoms with Crippen molar-refractivity contribution in [1.82, 2.24) is 24.6 Å². The fourth-order valence-corrected chi connectivity index (χ4v) is 4.11. The summed E-state index contributed by atoms with van der Waals surface area (Å²) < 4.78 is 1.70. The Hall–Kier alpha value is -3.22. The van der Waals surface area contributed by atoms with Crippen LogP contribution in [0.15, 0.2) is 36.7 Å². The van der Waals surface area contributed by atoms with E-state index in [1.165, 1.54) is 0 Å². The van der Waals surface area contributed by atoms with Gasteiger partial charge in [-0.05, 0) is 57.4 Å². The molecule has 30 heavy (non-hydrogen) atoms. The van der Waals surface area contributed by atoms with Gasteiger partial charge >= 0.3 is 0 Å². The molecule has 0 aliphatic carbocycles. The molecule has 3 aromatic rings. The van der Waals surface area contributed by atoms with Gasteiger partial charge in [-0.3, -0.25) is 14.5 Å². The van der Waals surface area contributed by atoms with Crippen LogP contribution in [0.25, 0.3) is 0 Å². The van der Waals surface area contributed by atoms with Gasteiger partial charge in [-0.15, -0.1) is 0 Å². The molecule has 7 nitrogen and oxygen atoms in total. The number of anilines is 2. The van der Waals surface area contributed by atoms with E-state index >= 15 is 0 Å². The van der Waals surface area contributed by atoms with E-state index in [-0.39, 0.29) is 11.8 Å². The van der Waals surface area contributed by atoms with Crippen molar-refractivity contribution in [2.45, 2.75) is 39.5 Å². The smallest absolute Gasteiger partial charge is 0.257 e. The van der Waals surface area contributed by atoms with Crippen molar-refractivity contribution < 1.29 is 4.79 Å². The zero-order valence-electron chi connectivity index (χ0n) is 18.0. The third kappa shape index (κ3) is 4.20. The summed E-state index contributed by atoms with van der Waals surface area (Å²) in [6, 6.07) is 8.09. The predicted octanol–water partition coefficient (Wildman–Crippen LogP) is 3.90. The van der Waals surface area contributed by atoms with Crippen LogP contribution in [0, 0.1) is 20.8 Å². The Kier molecular flexibility index (Phi) is 5.53. The molecular formula is C23H28N6O. The first kappa shape index (κ1) is 20.1. The van der Waals surface area contributed by atoms with Crippen LogP contribution in [0.1, 0.15) is 51.8 Å². The van der Waals surface area contributed by atoms with Gasteiger partial charge in [0.2, 0.25) is 0 Å². The summed E-state index contributed by atoms with van der Waals surface area (Å²) in [7, 11) is 1.84. The Balaban J connectivity index is 1.55. The second kappa shape index (κ2) is 8.26. The van der Waals surface area contributed by atoms with Crippen LogP contribution < -0.4 is 5.32 Å². The average molecular weight is 405 g/mol. The van der Waals surface area contributed by atoms with Gasteiger partial charge < -0.3 is 10.2 Å². The number of nitrogens with one attached hydrogen (secondary N) is 1. The molecule has 1 saturated heterocycles. The van der Waals surface area contributed by atoms with E-state index in [0.717, 1.165) is 53.5 Å². The molecule has 1 atom stereocenters. The minimum atomic E-state index is 0.0559. The minimum absolute atomic E-state index is 0.0559. The number of aromatic nitrogens is 4. The number of nitrogens with zero attached hydrogens (tertiary/aromatic N) is 5. The van der Waals surface area contributed by atoms with Gasteiger partial charge in [0.05, 0.1) is 11.3 Å². The summed E-state index contributed by atoms with van der Waals surface area (Å²) in [5.74, 6) is 1.12. The standard InChI is InChI=1S/C23H28N6O/c1-15-7-5-9-24-22(15)26-19-11-16(2)25-21(12-19)18-8-6-10-29(13-18)23(30)20-14-28(4)27-17(20)3/h5,7,9,11-12,14,18H,6,8,10,13H2,1-4H3,(H,24,25,26)/t18-/m1/s1. The molecule has 0 saturated carbocycles. The zero-order valence-corrected chi connectivity index (χ0v) is 18.0. The van der Waals surface area contributed by atoms with Crippen molar-refractivity contribution in [1.29, 1.82) is 0 Å². The van der Waals surface area contributed by atoms with E-state index in [1.807, 2.05) is 57.1 Å². The summed E-state index contributed by atoms with van der Waals surface area (Å²) in [5.41, 5.74) is 5.50. The molecule has 7 heteroatoms. The van der Waals surface area contributed by atoms with Crippen molar-refractivity contribution in [3.8, 4) is 0 Å². The van der Waals surface area contributed by atoms with Gasteiger partial charge in [0, 0.05) is 55.5 Å². The molecule has 3 aromatic heterocycles. The Bertz CT molecular complexity index is 1070. The molecule has 1 amide bonds. The molecule has 4 heterocycles. The second-order valence-electron chi connectivity index (χ2n) is 8.11. The summed E-state index contributed by atoms with van der Waals surface area (Å²) in [4.78, 5) is 24.2. The number of carbonyl (C=O) groups is 1. The fraction of sp³-hybridized carbons (Fsp3) is 0.391. The lowest BCUT2D eigenvalue weighted by Crippen LogP contribution is -2.39. The van der Waals surface area contributed by atoms with E-state index in [2.05, 4.69) is 21.5 Å². The first-order valence-electron chi connectivity index (χ1n) is 10.4. The highest BCUT2D eigenvalue weighted by molar-refractivity contribution is 5.95. The maximum Gasteiger partial charge on any atom is 0.257 e. The lowest BCUT2D eigenvalue weighted by molar-refractivity contribution is 0.0705. The highest BCUT2D eigenvalue weighted by Crippen LogP contribution is 2.30. The quantitative estimate of drug-likeness (QED) is 0.714. The first-order chi connectivity index (χ1) is 14.4. The van der Waals surface area contributed by atoms with Crippen LogP contribution in [0.4, 0.5) is 11.5 Å². The molecule has 0 bridgehead atoms. The molecular weight excluding hydrogens is 376 g/mol. The molecule has 156 valence electrons. The molecule has 1 aliphatic rings. The van der Waals surface area contributed by atoms with E-state index in [0.29, 0.717) is 12.1 Å². The second-order valence-corrected chi connectivity index (χ2v) is 8.11. The van der Waals surface area contributed by atoms with Crippen molar-refractivity contribution in [2.75, 3.05) is 18.4 Å². The highest BCUT2D eigenvalue weighted by atomic mass is 16.2. The molecule has 0 unspecified atom stereocenters. The summed E-state index contributed by atoms with van der Waals surface area (Å²) in [6.45, 7) is 7.37. The number of amides is 1. The van der Waals surface area contributed by atoms with Gasteiger partial charge in [-0.2, -0.15) is 5.10 Å². The normalized spacial score (nSPS) is 16.5. The van der Waals surface area contributed by atoms with Gasteiger partial charge in [-0.25, -0.2) is 4.98 Å². The third-order valence-electron chi connectivity index (χ3n) is 5.62. The molecule has 1 fully saturated rings. The Morgan fingerprint density at radius 2 is 2.07 bits per heavy atom. The number of aryl methyl sites for hydroxylation is 4. The predicted molar refractivity (Wildman–Crippen MR) is 117 cm³/mol. The third-order valence-corrected chi connectivity index (χ3v) is 5.62. The molecule has 0 aromatic carbocycles. The first-order valence-corrected chi connectivity index (χ1v) is 10.4. The van der Waals surface area contributed by atoms with Crippen LogP contribution in [0.3, 0.4) is 0 Å². The Morgan fingerprint density at radius 3 is 2.80 bits per heavy atom. The van der Waals surface area contributed by atoms with Crippen LogP contribution in [-0.2, 0) is 7.05 Å². The van der Waals surface area contributed by atoms with Crippen LogP contribution in [0.2, 0.25) is 0 Å². The Labute approximate surface area is 177 Å². The van der Waals surface area contributed by atoms with E-state index in [9.17, 15) is 4.79 Å². The van der Waals surface area contributed by atoms with Gasteiger partial charge in [0.25, 0.3) is 5.91 Å². The number of likely N-dealkylation sites (tertiary alicyclic amines) is 1. The summed E-state index contributed by atoms with van der Waals surface area (Å²) in [5, 5.41) is 7.74. The Morgan fingerprint density at radius 1 is 1.23 bits per heavy atom. The number of rotatable bonds is 4. The molecule has 1 aliphatic heterocycles. The number of piperidine rings is 1. The lowest BCUT2D eigenvalue weighted by Gasteiger charge is -2.32. The minimum Gasteiger partial charge on any atom is -0.340 e. The number of carbonyl (C=O) groups excluding carboxylic acids is 1. The van der Waals surface area contributed by atoms with Gasteiger partial charge in [0.15, 0.2) is 0 Å². The van der Waals surface area contributed by atoms with Crippen LogP contribution in [0.5, 0.6) is 0 Å². The highest BCUT2D eigenvalue weighted by Gasteiger charge is 2.28. The molecule has 0 radical (unpaired) electrons. The lowest BCUT2D eigenvalue weighted by atomic mass is 9.93. The van der Waals surface area contributed by atoms with Crippen LogP contribution in [-0.4, -0.2) is 43.6 Å². The van der Waals surface area contributed by atoms with E-state index in [4.69, 9.17) is 4.98 Å². The fourth-order valence-electron chi connectivity index (χ4n) is 4.11. The SMILES string of the molecule is Cc1cc(Nc2ncccc2C)cc([C@@H]2CCCN(C(=O)c3cn(C)nc3C)C2)n1. The maximum absolute atomic E-state index is 13.1. The largest absolute Gasteiger partial charge is 0.340 e. The van der Waals surface area contributed by atoms with E-state index in [1.54, 1.807) is 10.9 Å². The molecule has 0 spiro atoms. The van der Waals surface area contributed by atoms with Crippen molar-refractivity contribution in [3.05, 3.63) is 64.9 Å². The summed E-state index contributed by atoms with van der Waals surface area (Å²) in [6.07, 6.45) is 5.58. The number of hydrogen-bond donors (Lipinski definition) is 1. The van der Waals surface area contributed by atoms with E-state index < -0.39 is 0 Å². The summed E-state index contributed by atoms with van der Waals surface area (Å²) >= 11 is 0. The molecule has 4 rings (SSSR count).